The van der Waals surface area contributed by atoms with E-state index in [4.69, 9.17) is 11.3 Å². The van der Waals surface area contributed by atoms with Gasteiger partial charge in [0, 0.05) is 18.0 Å². The number of nitrogens with zero attached hydrogens (tertiary/aromatic N) is 3. The molecule has 0 unspecified atom stereocenters. The summed E-state index contributed by atoms with van der Waals surface area (Å²) < 4.78 is 0. The van der Waals surface area contributed by atoms with Crippen LogP contribution in [0, 0.1) is 0 Å². The topological polar surface area (TPSA) is 86.8 Å². The molecule has 0 aromatic carbocycles. The zero-order valence-electron chi connectivity index (χ0n) is 5.45. The zero-order valence-corrected chi connectivity index (χ0v) is 6.27. The summed E-state index contributed by atoms with van der Waals surface area (Å²) in [6.07, 6.45) is 0.751. The fourth-order valence-electron chi connectivity index (χ4n) is 0.406. The molecule has 0 aliphatic carbocycles. The summed E-state index contributed by atoms with van der Waals surface area (Å²) in [5.74, 6) is 0. The van der Waals surface area contributed by atoms with Crippen LogP contribution < -0.4 is 11.1 Å². The SMILES string of the molecule is [N-]=[N+]=NCCCNC(N)=S. The van der Waals surface area contributed by atoms with Crippen LogP contribution in [0.25, 0.3) is 10.4 Å². The third-order valence-electron chi connectivity index (χ3n) is 0.797. The first-order valence-electron chi connectivity index (χ1n) is 2.81. The third kappa shape index (κ3) is 7.00. The minimum atomic E-state index is 0.279. The van der Waals surface area contributed by atoms with E-state index >= 15 is 0 Å². The standard InChI is InChI=1S/C4H9N5S/c5-4(10)7-2-1-3-8-9-6/h1-3H2,(H3,5,7,10). The second-order valence-electron chi connectivity index (χ2n) is 1.60. The summed E-state index contributed by atoms with van der Waals surface area (Å²) in [4.78, 5) is 2.59. The molecule has 56 valence electrons. The summed E-state index contributed by atoms with van der Waals surface area (Å²) in [5, 5.41) is 6.33. The minimum absolute atomic E-state index is 0.279. The van der Waals surface area contributed by atoms with Gasteiger partial charge in [0.1, 0.15) is 0 Å². The van der Waals surface area contributed by atoms with Crippen molar-refractivity contribution in [1.29, 1.82) is 0 Å². The highest BCUT2D eigenvalue weighted by Gasteiger charge is 1.85. The maximum Gasteiger partial charge on any atom is 0.163 e. The van der Waals surface area contributed by atoms with Gasteiger partial charge in [0.25, 0.3) is 0 Å². The summed E-state index contributed by atoms with van der Waals surface area (Å²) >= 11 is 4.54. The van der Waals surface area contributed by atoms with E-state index in [9.17, 15) is 0 Å². The van der Waals surface area contributed by atoms with Crippen molar-refractivity contribution in [2.45, 2.75) is 6.42 Å². The van der Waals surface area contributed by atoms with Crippen molar-refractivity contribution >= 4 is 17.3 Å². The Labute approximate surface area is 64.2 Å². The molecule has 0 rings (SSSR count). The molecule has 0 amide bonds. The predicted octanol–water partition coefficient (Wildman–Crippen LogP) is 0.520. The molecule has 6 heteroatoms. The molecule has 5 nitrogen and oxygen atoms in total. The normalized spacial score (nSPS) is 8.00. The van der Waals surface area contributed by atoms with Crippen LogP contribution in [-0.4, -0.2) is 18.2 Å². The van der Waals surface area contributed by atoms with Crippen molar-refractivity contribution in [3.8, 4) is 0 Å². The number of hydrogen-bond donors (Lipinski definition) is 2. The van der Waals surface area contributed by atoms with Gasteiger partial charge in [-0.05, 0) is 24.2 Å². The Bertz CT molecular complexity index is 146. The molecule has 0 saturated heterocycles. The number of nitrogens with one attached hydrogen (secondary N) is 1. The van der Waals surface area contributed by atoms with E-state index in [-0.39, 0.29) is 5.11 Å². The van der Waals surface area contributed by atoms with Crippen LogP contribution in [0.4, 0.5) is 0 Å². The molecule has 0 heterocycles. The number of azide groups is 1. The molecular formula is C4H9N5S. The number of rotatable bonds is 4. The van der Waals surface area contributed by atoms with Crippen LogP contribution in [0.2, 0.25) is 0 Å². The van der Waals surface area contributed by atoms with Gasteiger partial charge in [-0.3, -0.25) is 0 Å². The van der Waals surface area contributed by atoms with Crippen LogP contribution in [0.1, 0.15) is 6.42 Å². The molecule has 0 radical (unpaired) electrons. The van der Waals surface area contributed by atoms with Gasteiger partial charge in [-0.2, -0.15) is 0 Å². The smallest absolute Gasteiger partial charge is 0.163 e. The second-order valence-corrected chi connectivity index (χ2v) is 2.04. The fourth-order valence-corrected chi connectivity index (χ4v) is 0.508. The van der Waals surface area contributed by atoms with Crippen LogP contribution in [-0.2, 0) is 0 Å². The number of hydrogen-bond acceptors (Lipinski definition) is 2. The molecule has 0 aliphatic heterocycles. The molecule has 0 aliphatic rings. The van der Waals surface area contributed by atoms with E-state index in [1.165, 1.54) is 0 Å². The van der Waals surface area contributed by atoms with Crippen LogP contribution in [0.5, 0.6) is 0 Å². The maximum absolute atomic E-state index is 7.86. The van der Waals surface area contributed by atoms with Crippen molar-refractivity contribution in [2.75, 3.05) is 13.1 Å². The Hall–Kier alpha value is -1.00. The molecule has 0 aromatic heterocycles. The summed E-state index contributed by atoms with van der Waals surface area (Å²) in [5.41, 5.74) is 13.0. The highest BCUT2D eigenvalue weighted by Crippen LogP contribution is 1.78. The molecule has 10 heavy (non-hydrogen) atoms. The summed E-state index contributed by atoms with van der Waals surface area (Å²) in [7, 11) is 0. The van der Waals surface area contributed by atoms with Crippen molar-refractivity contribution in [2.24, 2.45) is 10.8 Å². The van der Waals surface area contributed by atoms with Gasteiger partial charge in [-0.15, -0.1) is 0 Å². The van der Waals surface area contributed by atoms with Gasteiger partial charge in [0.05, 0.1) is 0 Å². The van der Waals surface area contributed by atoms with Crippen LogP contribution >= 0.6 is 12.2 Å². The lowest BCUT2D eigenvalue weighted by molar-refractivity contribution is 0.782. The van der Waals surface area contributed by atoms with E-state index < -0.39 is 0 Å². The molecule has 0 bridgehead atoms. The van der Waals surface area contributed by atoms with Gasteiger partial charge in [-0.25, -0.2) is 0 Å². The second kappa shape index (κ2) is 6.12. The largest absolute Gasteiger partial charge is 0.376 e. The monoisotopic (exact) mass is 159 g/mol. The molecule has 0 fully saturated rings. The Kier molecular flexibility index (Phi) is 5.51. The predicted molar refractivity (Wildman–Crippen MR) is 43.4 cm³/mol. The summed E-state index contributed by atoms with van der Waals surface area (Å²) in [6.45, 7) is 1.14. The molecule has 0 saturated carbocycles. The average molecular weight is 159 g/mol. The first-order valence-corrected chi connectivity index (χ1v) is 3.22. The Morgan fingerprint density at radius 3 is 3.00 bits per heavy atom. The van der Waals surface area contributed by atoms with E-state index in [2.05, 4.69) is 27.6 Å². The molecular weight excluding hydrogens is 150 g/mol. The third-order valence-corrected chi connectivity index (χ3v) is 0.942. The minimum Gasteiger partial charge on any atom is -0.376 e. The fraction of sp³-hybridized carbons (Fsp3) is 0.750. The van der Waals surface area contributed by atoms with E-state index in [0.29, 0.717) is 13.1 Å². The highest BCUT2D eigenvalue weighted by atomic mass is 32.1. The van der Waals surface area contributed by atoms with Crippen molar-refractivity contribution in [1.82, 2.24) is 5.32 Å². The lowest BCUT2D eigenvalue weighted by atomic mass is 10.4. The molecule has 0 aromatic rings. The van der Waals surface area contributed by atoms with Gasteiger partial charge >= 0.3 is 0 Å². The van der Waals surface area contributed by atoms with Crippen molar-refractivity contribution in [3.05, 3.63) is 10.4 Å². The van der Waals surface area contributed by atoms with E-state index in [0.717, 1.165) is 6.42 Å². The van der Waals surface area contributed by atoms with E-state index in [1.807, 2.05) is 0 Å². The Morgan fingerprint density at radius 2 is 2.50 bits per heavy atom. The van der Waals surface area contributed by atoms with Crippen molar-refractivity contribution < 1.29 is 0 Å². The molecule has 3 N–H and O–H groups in total. The quantitative estimate of drug-likeness (QED) is 0.206. The highest BCUT2D eigenvalue weighted by molar-refractivity contribution is 7.80. The first-order chi connectivity index (χ1) is 4.77. The zero-order chi connectivity index (χ0) is 7.82. The maximum atomic E-state index is 7.86. The molecule has 0 spiro atoms. The van der Waals surface area contributed by atoms with Gasteiger partial charge in [-0.1, -0.05) is 5.11 Å². The number of nitrogens with two attached hydrogens (primary N) is 1. The number of thiocarbonyl (C=S) groups is 1. The first kappa shape index (κ1) is 9.00. The Balaban J connectivity index is 3.05. The van der Waals surface area contributed by atoms with Gasteiger partial charge in [0.2, 0.25) is 0 Å². The summed E-state index contributed by atoms with van der Waals surface area (Å²) in [6, 6.07) is 0. The van der Waals surface area contributed by atoms with Gasteiger partial charge in [0.15, 0.2) is 5.11 Å². The van der Waals surface area contributed by atoms with Gasteiger partial charge < -0.3 is 11.1 Å². The Morgan fingerprint density at radius 1 is 1.80 bits per heavy atom. The average Bonchev–Trinajstić information content (AvgIpc) is 1.87. The van der Waals surface area contributed by atoms with Crippen molar-refractivity contribution in [3.63, 3.8) is 0 Å². The lowest BCUT2D eigenvalue weighted by Gasteiger charge is -1.99. The van der Waals surface area contributed by atoms with E-state index in [1.54, 1.807) is 0 Å². The van der Waals surface area contributed by atoms with Crippen LogP contribution in [0.3, 0.4) is 0 Å². The molecule has 0 atom stereocenters. The lowest BCUT2D eigenvalue weighted by Crippen LogP contribution is -2.29. The van der Waals surface area contributed by atoms with Crippen LogP contribution in [0.15, 0.2) is 5.11 Å².